The third-order valence-corrected chi connectivity index (χ3v) is 5.51. The first-order valence-electron chi connectivity index (χ1n) is 10.1. The number of ether oxygens (including phenoxy) is 1. The van der Waals surface area contributed by atoms with Crippen molar-refractivity contribution in [2.75, 3.05) is 13.1 Å². The van der Waals surface area contributed by atoms with Crippen LogP contribution >= 0.6 is 0 Å². The predicted octanol–water partition coefficient (Wildman–Crippen LogP) is 4.94. The van der Waals surface area contributed by atoms with Gasteiger partial charge in [-0.3, -0.25) is 9.78 Å². The van der Waals surface area contributed by atoms with Crippen LogP contribution in [-0.2, 0) is 4.79 Å². The van der Waals surface area contributed by atoms with Crippen molar-refractivity contribution in [3.8, 4) is 16.9 Å². The number of amides is 1. The van der Waals surface area contributed by atoms with Gasteiger partial charge in [0.1, 0.15) is 11.9 Å². The number of aromatic nitrogens is 1. The lowest BCUT2D eigenvalue weighted by Gasteiger charge is -2.32. The van der Waals surface area contributed by atoms with E-state index in [-0.39, 0.29) is 6.10 Å². The van der Waals surface area contributed by atoms with E-state index >= 15 is 0 Å². The van der Waals surface area contributed by atoms with Crippen LogP contribution in [0.1, 0.15) is 25.3 Å². The Bertz CT molecular complexity index is 1010. The van der Waals surface area contributed by atoms with E-state index in [4.69, 9.17) is 4.74 Å². The van der Waals surface area contributed by atoms with E-state index < -0.39 is 12.1 Å². The number of halogens is 1. The van der Waals surface area contributed by atoms with E-state index in [1.165, 1.54) is 12.5 Å². The lowest BCUT2D eigenvalue weighted by atomic mass is 9.98. The Morgan fingerprint density at radius 1 is 1.17 bits per heavy atom. The van der Waals surface area contributed by atoms with Gasteiger partial charge >= 0.3 is 0 Å². The number of alkyl halides is 1. The van der Waals surface area contributed by atoms with E-state index in [9.17, 15) is 9.18 Å². The zero-order valence-electron chi connectivity index (χ0n) is 16.8. The average molecular weight is 392 g/mol. The van der Waals surface area contributed by atoms with Crippen molar-refractivity contribution in [2.24, 2.45) is 0 Å². The Morgan fingerprint density at radius 3 is 2.59 bits per heavy atom. The Balaban J connectivity index is 1.43. The van der Waals surface area contributed by atoms with Crippen molar-refractivity contribution in [1.29, 1.82) is 0 Å². The molecule has 1 aliphatic heterocycles. The van der Waals surface area contributed by atoms with Gasteiger partial charge in [0, 0.05) is 37.5 Å². The fourth-order valence-electron chi connectivity index (χ4n) is 3.90. The van der Waals surface area contributed by atoms with E-state index in [1.807, 2.05) is 24.4 Å². The summed E-state index contributed by atoms with van der Waals surface area (Å²) >= 11 is 0. The number of hydrogen-bond acceptors (Lipinski definition) is 3. The summed E-state index contributed by atoms with van der Waals surface area (Å²) in [6.07, 6.45) is 1.86. The molecule has 0 bridgehead atoms. The normalized spacial score (nSPS) is 16.0. The summed E-state index contributed by atoms with van der Waals surface area (Å²) in [5, 5.41) is 1.14. The molecular formula is C24H25FN2O2. The summed E-state index contributed by atoms with van der Waals surface area (Å²) < 4.78 is 19.3. The molecule has 0 aliphatic carbocycles. The predicted molar refractivity (Wildman–Crippen MR) is 113 cm³/mol. The third-order valence-electron chi connectivity index (χ3n) is 5.51. The lowest BCUT2D eigenvalue weighted by molar-refractivity contribution is -0.137. The number of carbonyl (C=O) groups excluding carboxylic acids is 1. The maximum absolute atomic E-state index is 13.2. The molecule has 0 saturated carbocycles. The fraction of sp³-hybridized carbons (Fsp3) is 0.333. The summed E-state index contributed by atoms with van der Waals surface area (Å²) in [7, 11) is 0. The molecule has 1 aliphatic rings. The van der Waals surface area contributed by atoms with Crippen LogP contribution in [0.3, 0.4) is 0 Å². The van der Waals surface area contributed by atoms with Gasteiger partial charge in [-0.2, -0.15) is 0 Å². The number of pyridine rings is 1. The number of likely N-dealkylation sites (tertiary alicyclic amines) is 1. The highest BCUT2D eigenvalue weighted by Crippen LogP contribution is 2.29. The molecule has 1 fully saturated rings. The monoisotopic (exact) mass is 392 g/mol. The Labute approximate surface area is 170 Å². The van der Waals surface area contributed by atoms with Crippen LogP contribution in [0.15, 0.2) is 54.7 Å². The molecule has 1 saturated heterocycles. The average Bonchev–Trinajstić information content (AvgIpc) is 2.74. The van der Waals surface area contributed by atoms with Crippen LogP contribution in [-0.4, -0.2) is 41.2 Å². The Hall–Kier alpha value is -2.95. The molecule has 5 heteroatoms. The smallest absolute Gasteiger partial charge is 0.256 e. The van der Waals surface area contributed by atoms with Crippen molar-refractivity contribution in [2.45, 2.75) is 39.0 Å². The van der Waals surface area contributed by atoms with Crippen molar-refractivity contribution in [3.63, 3.8) is 0 Å². The molecule has 1 aromatic heterocycles. The number of hydrogen-bond donors (Lipinski definition) is 0. The number of rotatable bonds is 4. The van der Waals surface area contributed by atoms with E-state index in [1.54, 1.807) is 4.90 Å². The van der Waals surface area contributed by atoms with Crippen molar-refractivity contribution >= 4 is 16.8 Å². The van der Waals surface area contributed by atoms with Crippen LogP contribution in [0.2, 0.25) is 0 Å². The van der Waals surface area contributed by atoms with Gasteiger partial charge in [-0.1, -0.05) is 18.2 Å². The van der Waals surface area contributed by atoms with Gasteiger partial charge in [0.2, 0.25) is 0 Å². The molecule has 1 atom stereocenters. The van der Waals surface area contributed by atoms with Crippen LogP contribution in [0.25, 0.3) is 22.0 Å². The molecule has 3 aromatic rings. The van der Waals surface area contributed by atoms with Gasteiger partial charge in [0.15, 0.2) is 6.17 Å². The van der Waals surface area contributed by atoms with E-state index in [2.05, 4.69) is 42.2 Å². The number of aryl methyl sites for hydroxylation is 1. The highest BCUT2D eigenvalue weighted by atomic mass is 19.1. The van der Waals surface area contributed by atoms with Gasteiger partial charge < -0.3 is 9.64 Å². The minimum absolute atomic E-state index is 0.0476. The summed E-state index contributed by atoms with van der Waals surface area (Å²) in [5.74, 6) is 0.391. The first-order chi connectivity index (χ1) is 14.0. The first kappa shape index (κ1) is 19.4. The van der Waals surface area contributed by atoms with Crippen LogP contribution < -0.4 is 4.74 Å². The van der Waals surface area contributed by atoms with Crippen molar-refractivity contribution < 1.29 is 13.9 Å². The molecule has 1 unspecified atom stereocenters. The summed E-state index contributed by atoms with van der Waals surface area (Å²) in [6, 6.07) is 16.4. The lowest BCUT2D eigenvalue weighted by Crippen LogP contribution is -2.44. The number of fused-ring (bicyclic) bond motifs is 1. The molecule has 2 heterocycles. The van der Waals surface area contributed by atoms with Crippen LogP contribution in [0, 0.1) is 6.92 Å². The number of benzene rings is 2. The van der Waals surface area contributed by atoms with Crippen LogP contribution in [0.5, 0.6) is 5.75 Å². The number of piperidine rings is 1. The maximum atomic E-state index is 13.2. The van der Waals surface area contributed by atoms with Crippen molar-refractivity contribution in [1.82, 2.24) is 9.88 Å². The molecule has 1 amide bonds. The number of carbonyl (C=O) groups is 1. The molecular weight excluding hydrogens is 367 g/mol. The zero-order chi connectivity index (χ0) is 20.4. The molecule has 29 heavy (non-hydrogen) atoms. The largest absolute Gasteiger partial charge is 0.490 e. The summed E-state index contributed by atoms with van der Waals surface area (Å²) in [4.78, 5) is 17.8. The molecule has 150 valence electrons. The molecule has 0 radical (unpaired) electrons. The second-order valence-corrected chi connectivity index (χ2v) is 7.65. The minimum atomic E-state index is -1.44. The molecule has 4 nitrogen and oxygen atoms in total. The van der Waals surface area contributed by atoms with Crippen LogP contribution in [0.4, 0.5) is 4.39 Å². The molecule has 0 N–H and O–H groups in total. The fourth-order valence-corrected chi connectivity index (χ4v) is 3.90. The molecule has 4 rings (SSSR count). The second kappa shape index (κ2) is 8.19. The quantitative estimate of drug-likeness (QED) is 0.632. The topological polar surface area (TPSA) is 42.4 Å². The number of nitrogens with zero attached hydrogens (tertiary/aromatic N) is 2. The first-order valence-corrected chi connectivity index (χ1v) is 10.1. The van der Waals surface area contributed by atoms with Gasteiger partial charge in [-0.15, -0.1) is 0 Å². The molecule has 2 aromatic carbocycles. The Morgan fingerprint density at radius 2 is 1.90 bits per heavy atom. The maximum Gasteiger partial charge on any atom is 0.256 e. The van der Waals surface area contributed by atoms with Crippen molar-refractivity contribution in [3.05, 3.63) is 60.3 Å². The highest BCUT2D eigenvalue weighted by molar-refractivity contribution is 5.86. The summed E-state index contributed by atoms with van der Waals surface area (Å²) in [5.41, 5.74) is 4.48. The van der Waals surface area contributed by atoms with Gasteiger partial charge in [-0.25, -0.2) is 4.39 Å². The standard InChI is InChI=1S/C24H25FN2O2/c1-16-14-19-4-3-11-26-23(19)15-22(16)18-5-7-20(8-6-18)29-21-9-12-27(13-10-21)24(28)17(2)25/h3-8,11,14-15,17,21H,9-10,12-13H2,1-2H3. The zero-order valence-corrected chi connectivity index (χ0v) is 16.8. The minimum Gasteiger partial charge on any atom is -0.490 e. The SMILES string of the molecule is Cc1cc2cccnc2cc1-c1ccc(OC2CCN(C(=O)C(C)F)CC2)cc1. The van der Waals surface area contributed by atoms with E-state index in [0.29, 0.717) is 13.1 Å². The van der Waals surface area contributed by atoms with E-state index in [0.717, 1.165) is 40.6 Å². The second-order valence-electron chi connectivity index (χ2n) is 7.65. The van der Waals surface area contributed by atoms with Gasteiger partial charge in [0.05, 0.1) is 5.52 Å². The third kappa shape index (κ3) is 4.24. The molecule has 0 spiro atoms. The van der Waals surface area contributed by atoms with Gasteiger partial charge in [0.25, 0.3) is 5.91 Å². The summed E-state index contributed by atoms with van der Waals surface area (Å²) in [6.45, 7) is 4.48. The Kier molecular flexibility index (Phi) is 5.47. The van der Waals surface area contributed by atoms with Gasteiger partial charge in [-0.05, 0) is 60.9 Å². The highest BCUT2D eigenvalue weighted by Gasteiger charge is 2.26.